The number of imidazole rings is 1. The molecule has 21 heavy (non-hydrogen) atoms. The first kappa shape index (κ1) is 13.8. The van der Waals surface area contributed by atoms with Gasteiger partial charge in [0.1, 0.15) is 17.2 Å². The summed E-state index contributed by atoms with van der Waals surface area (Å²) in [5.41, 5.74) is 1.85. The Balaban J connectivity index is 2.06. The molecule has 0 aliphatic heterocycles. The van der Waals surface area contributed by atoms with Crippen LogP contribution in [0.5, 0.6) is 0 Å². The van der Waals surface area contributed by atoms with E-state index in [1.807, 2.05) is 0 Å². The molecule has 3 aromatic rings. The van der Waals surface area contributed by atoms with Gasteiger partial charge in [0.2, 0.25) is 0 Å². The summed E-state index contributed by atoms with van der Waals surface area (Å²) in [6.45, 7) is 0. The molecule has 2 aromatic carbocycles. The fourth-order valence-electron chi connectivity index (χ4n) is 2.28. The molecule has 0 radical (unpaired) electrons. The zero-order chi connectivity index (χ0) is 15.0. The number of aromatic amines is 1. The largest absolute Gasteiger partial charge is 0.342 e. The normalized spacial score (nSPS) is 11.9. The molecule has 0 saturated heterocycles. The number of nitrogens with zero attached hydrogens (tertiary/aromatic N) is 1. The van der Waals surface area contributed by atoms with Crippen LogP contribution in [0.1, 0.15) is 11.4 Å². The van der Waals surface area contributed by atoms with Crippen LogP contribution >= 0.6 is 0 Å². The first-order chi connectivity index (χ1) is 9.93. The number of rotatable bonds is 3. The van der Waals surface area contributed by atoms with Crippen molar-refractivity contribution in [2.45, 2.75) is 11.3 Å². The summed E-state index contributed by atoms with van der Waals surface area (Å²) >= 11 is 0. The van der Waals surface area contributed by atoms with Gasteiger partial charge in [0.15, 0.2) is 9.84 Å². The van der Waals surface area contributed by atoms with Crippen molar-refractivity contribution in [1.29, 1.82) is 0 Å². The third kappa shape index (κ3) is 2.80. The Morgan fingerprint density at radius 1 is 1.19 bits per heavy atom. The minimum absolute atomic E-state index is 0.196. The van der Waals surface area contributed by atoms with Crippen LogP contribution in [0.4, 0.5) is 4.39 Å². The van der Waals surface area contributed by atoms with E-state index in [0.717, 1.165) is 11.8 Å². The number of hydrogen-bond donors (Lipinski definition) is 1. The predicted molar refractivity (Wildman–Crippen MR) is 78.4 cm³/mol. The van der Waals surface area contributed by atoms with Crippen LogP contribution in [-0.2, 0) is 16.3 Å². The quantitative estimate of drug-likeness (QED) is 0.809. The maximum absolute atomic E-state index is 13.2. The van der Waals surface area contributed by atoms with Crippen molar-refractivity contribution in [3.63, 3.8) is 0 Å². The number of benzene rings is 2. The van der Waals surface area contributed by atoms with Crippen molar-refractivity contribution in [2.24, 2.45) is 0 Å². The molecule has 0 fully saturated rings. The Hall–Kier alpha value is -2.21. The fourth-order valence-corrected chi connectivity index (χ4v) is 3.11. The van der Waals surface area contributed by atoms with Crippen LogP contribution in [0.2, 0.25) is 0 Å². The molecule has 0 saturated carbocycles. The van der Waals surface area contributed by atoms with Gasteiger partial charge < -0.3 is 4.98 Å². The Kier molecular flexibility index (Phi) is 3.25. The third-order valence-corrected chi connectivity index (χ3v) is 4.31. The van der Waals surface area contributed by atoms with Gasteiger partial charge in [0.25, 0.3) is 0 Å². The zero-order valence-corrected chi connectivity index (χ0v) is 12.1. The molecule has 0 atom stereocenters. The maximum atomic E-state index is 13.2. The summed E-state index contributed by atoms with van der Waals surface area (Å²) < 4.78 is 36.7. The smallest absolute Gasteiger partial charge is 0.177 e. The van der Waals surface area contributed by atoms with E-state index in [9.17, 15) is 12.8 Å². The highest BCUT2D eigenvalue weighted by Crippen LogP contribution is 2.22. The summed E-state index contributed by atoms with van der Waals surface area (Å²) in [7, 11) is -3.34. The van der Waals surface area contributed by atoms with Crippen LogP contribution in [0, 0.1) is 5.82 Å². The molecule has 0 spiro atoms. The summed E-state index contributed by atoms with van der Waals surface area (Å²) in [5, 5.41) is 0. The Morgan fingerprint density at radius 2 is 1.95 bits per heavy atom. The highest BCUT2D eigenvalue weighted by atomic mass is 32.2. The summed E-state index contributed by atoms with van der Waals surface area (Å²) in [5.74, 6) is 0.298. The van der Waals surface area contributed by atoms with Crippen molar-refractivity contribution in [3.8, 4) is 0 Å². The number of H-pyrrole nitrogens is 1. The lowest BCUT2D eigenvalue weighted by atomic mass is 10.1. The average molecular weight is 304 g/mol. The SMILES string of the molecule is CS(=O)(=O)c1cccc2[nH]c(Cc3cccc(F)c3)nc12. The van der Waals surface area contributed by atoms with Gasteiger partial charge >= 0.3 is 0 Å². The highest BCUT2D eigenvalue weighted by molar-refractivity contribution is 7.91. The minimum Gasteiger partial charge on any atom is -0.342 e. The third-order valence-electron chi connectivity index (χ3n) is 3.18. The van der Waals surface area contributed by atoms with E-state index in [2.05, 4.69) is 9.97 Å². The van der Waals surface area contributed by atoms with E-state index in [1.165, 1.54) is 18.2 Å². The van der Waals surface area contributed by atoms with E-state index in [1.54, 1.807) is 24.3 Å². The topological polar surface area (TPSA) is 62.8 Å². The van der Waals surface area contributed by atoms with Gasteiger partial charge in [-0.1, -0.05) is 18.2 Å². The average Bonchev–Trinajstić information content (AvgIpc) is 2.79. The molecule has 0 aliphatic carbocycles. The molecule has 0 bridgehead atoms. The lowest BCUT2D eigenvalue weighted by Gasteiger charge is -1.98. The van der Waals surface area contributed by atoms with Crippen molar-refractivity contribution in [2.75, 3.05) is 6.26 Å². The summed E-state index contributed by atoms with van der Waals surface area (Å²) in [6.07, 6.45) is 1.57. The van der Waals surface area contributed by atoms with Gasteiger partial charge in [-0.25, -0.2) is 17.8 Å². The van der Waals surface area contributed by atoms with Gasteiger partial charge in [0.05, 0.1) is 10.4 Å². The first-order valence-electron chi connectivity index (χ1n) is 6.35. The van der Waals surface area contributed by atoms with Crippen molar-refractivity contribution in [1.82, 2.24) is 9.97 Å². The number of sulfone groups is 1. The van der Waals surface area contributed by atoms with Crippen LogP contribution in [-0.4, -0.2) is 24.6 Å². The number of nitrogens with one attached hydrogen (secondary N) is 1. The molecule has 0 unspecified atom stereocenters. The number of hydrogen-bond acceptors (Lipinski definition) is 3. The number of fused-ring (bicyclic) bond motifs is 1. The number of para-hydroxylation sites is 1. The molecule has 1 aromatic heterocycles. The molecule has 0 aliphatic rings. The van der Waals surface area contributed by atoms with E-state index >= 15 is 0 Å². The van der Waals surface area contributed by atoms with Crippen molar-refractivity contribution >= 4 is 20.9 Å². The van der Waals surface area contributed by atoms with Crippen molar-refractivity contribution < 1.29 is 12.8 Å². The lowest BCUT2D eigenvalue weighted by Crippen LogP contribution is -1.98. The van der Waals surface area contributed by atoms with Crippen LogP contribution < -0.4 is 0 Å². The standard InChI is InChI=1S/C15H13FN2O2S/c1-21(19,20)13-7-3-6-12-15(13)18-14(17-12)9-10-4-2-5-11(16)8-10/h2-8H,9H2,1H3,(H,17,18). The molecule has 4 nitrogen and oxygen atoms in total. The minimum atomic E-state index is -3.34. The molecule has 0 amide bonds. The molecule has 1 heterocycles. The van der Waals surface area contributed by atoms with Gasteiger partial charge in [-0.3, -0.25) is 0 Å². The van der Waals surface area contributed by atoms with E-state index in [0.29, 0.717) is 23.3 Å². The van der Waals surface area contributed by atoms with Gasteiger partial charge in [0, 0.05) is 12.7 Å². The van der Waals surface area contributed by atoms with E-state index < -0.39 is 9.84 Å². The second-order valence-corrected chi connectivity index (χ2v) is 6.90. The Bertz CT molecular complexity index is 916. The number of halogens is 1. The number of aromatic nitrogens is 2. The Labute approximate surface area is 121 Å². The van der Waals surface area contributed by atoms with Gasteiger partial charge in [-0.2, -0.15) is 0 Å². The van der Waals surface area contributed by atoms with Crippen LogP contribution in [0.3, 0.4) is 0 Å². The van der Waals surface area contributed by atoms with Gasteiger partial charge in [-0.15, -0.1) is 0 Å². The fraction of sp³-hybridized carbons (Fsp3) is 0.133. The van der Waals surface area contributed by atoms with E-state index in [4.69, 9.17) is 0 Å². The second kappa shape index (κ2) is 4.96. The second-order valence-electron chi connectivity index (χ2n) is 4.91. The maximum Gasteiger partial charge on any atom is 0.177 e. The van der Waals surface area contributed by atoms with Crippen molar-refractivity contribution in [3.05, 3.63) is 59.7 Å². The highest BCUT2D eigenvalue weighted by Gasteiger charge is 2.15. The molecule has 1 N–H and O–H groups in total. The first-order valence-corrected chi connectivity index (χ1v) is 8.25. The lowest BCUT2D eigenvalue weighted by molar-refractivity contribution is 0.602. The molecule has 6 heteroatoms. The molecule has 108 valence electrons. The van der Waals surface area contributed by atoms with Gasteiger partial charge in [-0.05, 0) is 29.8 Å². The molecular formula is C15H13FN2O2S. The van der Waals surface area contributed by atoms with E-state index in [-0.39, 0.29) is 10.7 Å². The zero-order valence-electron chi connectivity index (χ0n) is 11.3. The van der Waals surface area contributed by atoms with Crippen LogP contribution in [0.15, 0.2) is 47.4 Å². The molecule has 3 rings (SSSR count). The summed E-state index contributed by atoms with van der Waals surface area (Å²) in [6, 6.07) is 11.2. The molecular weight excluding hydrogens is 291 g/mol. The summed E-state index contributed by atoms with van der Waals surface area (Å²) in [4.78, 5) is 7.62. The predicted octanol–water partition coefficient (Wildman–Crippen LogP) is 2.70. The monoisotopic (exact) mass is 304 g/mol. The van der Waals surface area contributed by atoms with Crippen LogP contribution in [0.25, 0.3) is 11.0 Å². The Morgan fingerprint density at radius 3 is 2.67 bits per heavy atom.